The Morgan fingerprint density at radius 3 is 2.17 bits per heavy atom. The van der Waals surface area contributed by atoms with E-state index in [4.69, 9.17) is 0 Å². The van der Waals surface area contributed by atoms with E-state index in [1.165, 1.54) is 6.07 Å². The van der Waals surface area contributed by atoms with Gasteiger partial charge in [-0.25, -0.2) is 8.78 Å². The maximum Gasteiger partial charge on any atom is 0.160 e. The standard InChI is InChI=1S/C21H16F2/c1-2-3-4-7-17-10-12-18(13-11-17)8-5-6-9-19-14-15-20(22)21(23)16-19/h4,7,10-16H,2-3H2,1H3/b7-4+. The molecular weight excluding hydrogens is 290 g/mol. The fourth-order valence-electron chi connectivity index (χ4n) is 1.84. The Kier molecular flexibility index (Phi) is 6.16. The highest BCUT2D eigenvalue weighted by atomic mass is 19.2. The molecule has 0 aromatic heterocycles. The van der Waals surface area contributed by atoms with E-state index < -0.39 is 11.6 Å². The van der Waals surface area contributed by atoms with Gasteiger partial charge in [-0.2, -0.15) is 0 Å². The summed E-state index contributed by atoms with van der Waals surface area (Å²) in [5, 5.41) is 0. The van der Waals surface area contributed by atoms with Crippen LogP contribution in [0.25, 0.3) is 6.08 Å². The van der Waals surface area contributed by atoms with Crippen LogP contribution in [0.1, 0.15) is 36.5 Å². The van der Waals surface area contributed by atoms with E-state index in [9.17, 15) is 8.78 Å². The van der Waals surface area contributed by atoms with Crippen molar-refractivity contribution >= 4 is 6.08 Å². The van der Waals surface area contributed by atoms with Crippen molar-refractivity contribution in [3.05, 3.63) is 76.9 Å². The lowest BCUT2D eigenvalue weighted by molar-refractivity contribution is 0.508. The number of rotatable bonds is 3. The van der Waals surface area contributed by atoms with Crippen molar-refractivity contribution in [3.8, 4) is 23.7 Å². The fraction of sp³-hybridized carbons (Fsp3) is 0.143. The Balaban J connectivity index is 2.02. The Bertz CT molecular complexity index is 807. The number of allylic oxidation sites excluding steroid dienone is 1. The molecule has 0 aliphatic rings. The first-order valence-corrected chi connectivity index (χ1v) is 7.42. The van der Waals surface area contributed by atoms with Crippen LogP contribution in [0.5, 0.6) is 0 Å². The molecule has 0 unspecified atom stereocenters. The summed E-state index contributed by atoms with van der Waals surface area (Å²) in [7, 11) is 0. The number of benzene rings is 2. The Labute approximate surface area is 135 Å². The average Bonchev–Trinajstić information content (AvgIpc) is 2.56. The van der Waals surface area contributed by atoms with E-state index in [0.29, 0.717) is 5.56 Å². The summed E-state index contributed by atoms with van der Waals surface area (Å²) in [4.78, 5) is 0. The van der Waals surface area contributed by atoms with Gasteiger partial charge in [0.05, 0.1) is 0 Å². The molecule has 0 heterocycles. The van der Waals surface area contributed by atoms with Crippen molar-refractivity contribution in [1.82, 2.24) is 0 Å². The van der Waals surface area contributed by atoms with Crippen LogP contribution in [0.2, 0.25) is 0 Å². The molecule has 114 valence electrons. The molecule has 0 saturated heterocycles. The van der Waals surface area contributed by atoms with Crippen LogP contribution >= 0.6 is 0 Å². The highest BCUT2D eigenvalue weighted by molar-refractivity contribution is 5.52. The lowest BCUT2D eigenvalue weighted by atomic mass is 10.1. The molecule has 0 atom stereocenters. The minimum absolute atomic E-state index is 0.398. The molecule has 0 N–H and O–H groups in total. The van der Waals surface area contributed by atoms with Crippen molar-refractivity contribution < 1.29 is 8.78 Å². The quantitative estimate of drug-likeness (QED) is 0.685. The highest BCUT2D eigenvalue weighted by Gasteiger charge is 1.99. The molecule has 2 heteroatoms. The van der Waals surface area contributed by atoms with Gasteiger partial charge in [0.1, 0.15) is 0 Å². The Morgan fingerprint density at radius 1 is 0.870 bits per heavy atom. The van der Waals surface area contributed by atoms with Crippen LogP contribution < -0.4 is 0 Å². The predicted molar refractivity (Wildman–Crippen MR) is 90.5 cm³/mol. The van der Waals surface area contributed by atoms with Crippen LogP contribution in [-0.2, 0) is 0 Å². The number of unbranched alkanes of at least 4 members (excludes halogenated alkanes) is 1. The molecule has 0 aliphatic heterocycles. The van der Waals surface area contributed by atoms with Gasteiger partial charge < -0.3 is 0 Å². The van der Waals surface area contributed by atoms with Gasteiger partial charge in [-0.1, -0.05) is 49.5 Å². The zero-order chi connectivity index (χ0) is 16.5. The van der Waals surface area contributed by atoms with Crippen molar-refractivity contribution in [1.29, 1.82) is 0 Å². The molecule has 0 spiro atoms. The molecule has 0 nitrogen and oxygen atoms in total. The monoisotopic (exact) mass is 306 g/mol. The van der Waals surface area contributed by atoms with Gasteiger partial charge in [-0.15, -0.1) is 0 Å². The summed E-state index contributed by atoms with van der Waals surface area (Å²) < 4.78 is 25.8. The largest absolute Gasteiger partial charge is 0.204 e. The summed E-state index contributed by atoms with van der Waals surface area (Å²) in [5.41, 5.74) is 2.39. The number of hydrogen-bond acceptors (Lipinski definition) is 0. The second-order valence-corrected chi connectivity index (χ2v) is 4.94. The minimum atomic E-state index is -0.906. The molecule has 0 saturated carbocycles. The molecule has 0 aliphatic carbocycles. The predicted octanol–water partition coefficient (Wildman–Crippen LogP) is 5.18. The molecule has 2 aromatic rings. The fourth-order valence-corrected chi connectivity index (χ4v) is 1.84. The molecule has 0 radical (unpaired) electrons. The Hall–Kier alpha value is -2.84. The number of halogens is 2. The van der Waals surface area contributed by atoms with Crippen molar-refractivity contribution in [2.24, 2.45) is 0 Å². The molecule has 2 rings (SSSR count). The second-order valence-electron chi connectivity index (χ2n) is 4.94. The summed E-state index contributed by atoms with van der Waals surface area (Å²) in [6, 6.07) is 11.4. The molecule has 23 heavy (non-hydrogen) atoms. The summed E-state index contributed by atoms with van der Waals surface area (Å²) in [5.74, 6) is 9.17. The van der Waals surface area contributed by atoms with E-state index in [1.54, 1.807) is 0 Å². The van der Waals surface area contributed by atoms with Gasteiger partial charge in [-0.05, 0) is 54.2 Å². The van der Waals surface area contributed by atoms with Gasteiger partial charge in [0.25, 0.3) is 0 Å². The van der Waals surface area contributed by atoms with E-state index in [-0.39, 0.29) is 0 Å². The van der Waals surface area contributed by atoms with Gasteiger partial charge in [0, 0.05) is 11.1 Å². The molecule has 2 aromatic carbocycles. The van der Waals surface area contributed by atoms with Crippen molar-refractivity contribution in [2.75, 3.05) is 0 Å². The van der Waals surface area contributed by atoms with Gasteiger partial charge in [0.15, 0.2) is 11.6 Å². The van der Waals surface area contributed by atoms with Gasteiger partial charge in [0.2, 0.25) is 0 Å². The summed E-state index contributed by atoms with van der Waals surface area (Å²) in [6.07, 6.45) is 6.44. The van der Waals surface area contributed by atoms with Crippen LogP contribution in [0.15, 0.2) is 48.5 Å². The van der Waals surface area contributed by atoms with Gasteiger partial charge >= 0.3 is 0 Å². The van der Waals surface area contributed by atoms with Crippen LogP contribution in [-0.4, -0.2) is 0 Å². The first-order valence-electron chi connectivity index (χ1n) is 7.42. The maximum absolute atomic E-state index is 13.0. The zero-order valence-electron chi connectivity index (χ0n) is 12.9. The highest BCUT2D eigenvalue weighted by Crippen LogP contribution is 2.08. The third-order valence-corrected chi connectivity index (χ3v) is 3.07. The maximum atomic E-state index is 13.0. The summed E-state index contributed by atoms with van der Waals surface area (Å²) >= 11 is 0. The minimum Gasteiger partial charge on any atom is -0.204 e. The van der Waals surface area contributed by atoms with Crippen molar-refractivity contribution in [2.45, 2.75) is 19.8 Å². The normalized spacial score (nSPS) is 9.87. The first-order chi connectivity index (χ1) is 11.2. The van der Waals surface area contributed by atoms with E-state index in [1.807, 2.05) is 24.3 Å². The first kappa shape index (κ1) is 16.5. The molecule has 0 fully saturated rings. The Morgan fingerprint density at radius 2 is 1.52 bits per heavy atom. The SMILES string of the molecule is CCC/C=C/c1ccc(C#CC#Cc2ccc(F)c(F)c2)cc1. The van der Waals surface area contributed by atoms with E-state index in [2.05, 4.69) is 42.8 Å². The number of hydrogen-bond donors (Lipinski definition) is 0. The third-order valence-electron chi connectivity index (χ3n) is 3.07. The summed E-state index contributed by atoms with van der Waals surface area (Å²) in [6.45, 7) is 2.14. The van der Waals surface area contributed by atoms with Gasteiger partial charge in [-0.3, -0.25) is 0 Å². The molecule has 0 bridgehead atoms. The molecular formula is C21H16F2. The van der Waals surface area contributed by atoms with Crippen LogP contribution in [0, 0.1) is 35.3 Å². The zero-order valence-corrected chi connectivity index (χ0v) is 12.9. The molecule has 0 amide bonds. The average molecular weight is 306 g/mol. The van der Waals surface area contributed by atoms with E-state index >= 15 is 0 Å². The van der Waals surface area contributed by atoms with Crippen LogP contribution in [0.4, 0.5) is 8.78 Å². The smallest absolute Gasteiger partial charge is 0.160 e. The lowest BCUT2D eigenvalue weighted by Crippen LogP contribution is -1.84. The van der Waals surface area contributed by atoms with E-state index in [0.717, 1.165) is 36.1 Å². The third kappa shape index (κ3) is 5.46. The van der Waals surface area contributed by atoms with Crippen molar-refractivity contribution in [3.63, 3.8) is 0 Å². The topological polar surface area (TPSA) is 0 Å². The second kappa shape index (κ2) is 8.57. The van der Waals surface area contributed by atoms with Crippen LogP contribution in [0.3, 0.4) is 0 Å². The lowest BCUT2D eigenvalue weighted by Gasteiger charge is -1.93.